The fourth-order valence-corrected chi connectivity index (χ4v) is 5.27. The zero-order valence-electron chi connectivity index (χ0n) is 19.5. The van der Waals surface area contributed by atoms with Gasteiger partial charge in [0.25, 0.3) is 11.8 Å². The monoisotopic (exact) mass is 509 g/mol. The molecule has 1 N–H and O–H groups in total. The summed E-state index contributed by atoms with van der Waals surface area (Å²) in [6, 6.07) is 8.80. The van der Waals surface area contributed by atoms with Crippen molar-refractivity contribution < 1.29 is 23.1 Å². The number of aryl methyl sites for hydroxylation is 1. The number of nitriles is 1. The molecular formula is C25H21F2N5O3S. The molecule has 2 aromatic heterocycles. The number of pyridine rings is 1. The number of rotatable bonds is 5. The number of methoxy groups -OCH3 is 1. The zero-order chi connectivity index (χ0) is 25.6. The third-order valence-electron chi connectivity index (χ3n) is 6.29. The number of fused-ring (bicyclic) bond motifs is 1. The van der Waals surface area contributed by atoms with Gasteiger partial charge in [-0.05, 0) is 31.2 Å². The summed E-state index contributed by atoms with van der Waals surface area (Å²) in [5.74, 6) is -4.61. The molecule has 1 unspecified atom stereocenters. The number of carbonyl (C=O) groups is 2. The highest BCUT2D eigenvalue weighted by Crippen LogP contribution is 2.50. The van der Waals surface area contributed by atoms with Gasteiger partial charge >= 0.3 is 0 Å². The van der Waals surface area contributed by atoms with Crippen LogP contribution in [-0.4, -0.2) is 46.3 Å². The first-order valence-electron chi connectivity index (χ1n) is 11.2. The molecule has 184 valence electrons. The minimum Gasteiger partial charge on any atom is -0.496 e. The van der Waals surface area contributed by atoms with E-state index in [1.807, 2.05) is 0 Å². The van der Waals surface area contributed by atoms with Crippen LogP contribution in [0.2, 0.25) is 0 Å². The molecule has 5 rings (SSSR count). The van der Waals surface area contributed by atoms with E-state index in [1.54, 1.807) is 31.2 Å². The Bertz CT molecular complexity index is 1430. The maximum Gasteiger partial charge on any atom is 0.260 e. The Morgan fingerprint density at radius 2 is 2.08 bits per heavy atom. The van der Waals surface area contributed by atoms with Crippen LogP contribution < -0.4 is 10.1 Å². The standard InChI is InChI=1S/C25H21F2N5O3S/c1-13-7-15(16-8-14(10-28)3-4-20(16)35-2)17(11-29-13)22(33)31-24-30-19-5-6-32(12-21(19)36-24)23(34)18-9-25(18,26)27/h3-4,7-8,11,18H,5-6,9,12H2,1-2H3,(H,30,31,33). The molecule has 1 aliphatic heterocycles. The van der Waals surface area contributed by atoms with Crippen molar-refractivity contribution in [2.75, 3.05) is 19.0 Å². The molecule has 1 fully saturated rings. The molecule has 8 nitrogen and oxygen atoms in total. The highest BCUT2D eigenvalue weighted by Gasteiger charge is 2.62. The number of benzene rings is 1. The molecule has 2 amide bonds. The van der Waals surface area contributed by atoms with E-state index in [2.05, 4.69) is 21.4 Å². The van der Waals surface area contributed by atoms with Crippen LogP contribution in [-0.2, 0) is 17.8 Å². The predicted octanol–water partition coefficient (Wildman–Crippen LogP) is 4.19. The first-order chi connectivity index (χ1) is 17.2. The van der Waals surface area contributed by atoms with Crippen LogP contribution in [0.5, 0.6) is 5.75 Å². The number of alkyl halides is 2. The number of ether oxygens (including phenoxy) is 1. The molecule has 1 aliphatic carbocycles. The van der Waals surface area contributed by atoms with Crippen LogP contribution in [0, 0.1) is 24.2 Å². The number of thiazole rings is 1. The summed E-state index contributed by atoms with van der Waals surface area (Å²) in [5, 5.41) is 12.5. The van der Waals surface area contributed by atoms with Gasteiger partial charge in [0, 0.05) is 47.3 Å². The van der Waals surface area contributed by atoms with Crippen LogP contribution in [0.15, 0.2) is 30.5 Å². The van der Waals surface area contributed by atoms with Gasteiger partial charge in [-0.1, -0.05) is 11.3 Å². The maximum atomic E-state index is 13.3. The Morgan fingerprint density at radius 3 is 2.78 bits per heavy atom. The van der Waals surface area contributed by atoms with Crippen LogP contribution in [0.4, 0.5) is 13.9 Å². The molecule has 36 heavy (non-hydrogen) atoms. The summed E-state index contributed by atoms with van der Waals surface area (Å²) in [5.41, 5.74) is 3.25. The van der Waals surface area contributed by atoms with Crippen molar-refractivity contribution in [2.24, 2.45) is 5.92 Å². The number of halogens is 2. The Balaban J connectivity index is 1.39. The lowest BCUT2D eigenvalue weighted by Crippen LogP contribution is -2.37. The van der Waals surface area contributed by atoms with Gasteiger partial charge in [0.15, 0.2) is 5.13 Å². The van der Waals surface area contributed by atoms with E-state index in [0.29, 0.717) is 46.2 Å². The summed E-state index contributed by atoms with van der Waals surface area (Å²) in [7, 11) is 1.51. The van der Waals surface area contributed by atoms with E-state index >= 15 is 0 Å². The third kappa shape index (κ3) is 4.40. The molecule has 0 radical (unpaired) electrons. The van der Waals surface area contributed by atoms with Gasteiger partial charge in [0.2, 0.25) is 5.91 Å². The molecule has 3 aromatic rings. The van der Waals surface area contributed by atoms with Gasteiger partial charge in [-0.2, -0.15) is 5.26 Å². The van der Waals surface area contributed by atoms with Crippen LogP contribution in [0.25, 0.3) is 11.1 Å². The van der Waals surface area contributed by atoms with E-state index in [-0.39, 0.29) is 12.1 Å². The number of anilines is 1. The highest BCUT2D eigenvalue weighted by atomic mass is 32.1. The van der Waals surface area contributed by atoms with Gasteiger partial charge in [-0.25, -0.2) is 13.8 Å². The largest absolute Gasteiger partial charge is 0.496 e. The molecule has 11 heteroatoms. The number of nitrogens with zero attached hydrogens (tertiary/aromatic N) is 4. The second-order valence-corrected chi connectivity index (χ2v) is 9.85. The minimum absolute atomic E-state index is 0.198. The summed E-state index contributed by atoms with van der Waals surface area (Å²) in [6.45, 7) is 2.31. The molecular weight excluding hydrogens is 488 g/mol. The molecule has 1 aromatic carbocycles. The molecule has 1 saturated carbocycles. The molecule has 0 bridgehead atoms. The maximum absolute atomic E-state index is 13.3. The van der Waals surface area contributed by atoms with Crippen LogP contribution in [0.3, 0.4) is 0 Å². The van der Waals surface area contributed by atoms with E-state index < -0.39 is 30.1 Å². The summed E-state index contributed by atoms with van der Waals surface area (Å²) in [6.07, 6.45) is 1.50. The van der Waals surface area contributed by atoms with Crippen molar-refractivity contribution in [1.29, 1.82) is 5.26 Å². The number of amides is 2. The van der Waals surface area contributed by atoms with Gasteiger partial charge in [0.05, 0.1) is 36.5 Å². The molecule has 0 saturated heterocycles. The van der Waals surface area contributed by atoms with Crippen molar-refractivity contribution in [3.63, 3.8) is 0 Å². The third-order valence-corrected chi connectivity index (χ3v) is 7.29. The number of hydrogen-bond donors (Lipinski definition) is 1. The van der Waals surface area contributed by atoms with Gasteiger partial charge in [-0.15, -0.1) is 0 Å². The molecule has 1 atom stereocenters. The fraction of sp³-hybridized carbons (Fsp3) is 0.320. The Morgan fingerprint density at radius 1 is 1.31 bits per heavy atom. The lowest BCUT2D eigenvalue weighted by atomic mass is 9.97. The SMILES string of the molecule is COc1ccc(C#N)cc1-c1cc(C)ncc1C(=O)Nc1nc2c(s1)CN(C(=O)C1CC1(F)F)CC2. The minimum atomic E-state index is -2.90. The van der Waals surface area contributed by atoms with Gasteiger partial charge in [-0.3, -0.25) is 19.9 Å². The summed E-state index contributed by atoms with van der Waals surface area (Å²) in [4.78, 5) is 36.6. The molecule has 3 heterocycles. The number of hydrogen-bond acceptors (Lipinski definition) is 7. The first kappa shape index (κ1) is 23.8. The van der Waals surface area contributed by atoms with Gasteiger partial charge < -0.3 is 9.64 Å². The second kappa shape index (κ2) is 8.95. The van der Waals surface area contributed by atoms with E-state index in [1.165, 1.54) is 29.5 Å². The number of nitrogens with one attached hydrogen (secondary N) is 1. The van der Waals surface area contributed by atoms with Crippen LogP contribution >= 0.6 is 11.3 Å². The smallest absolute Gasteiger partial charge is 0.260 e. The van der Waals surface area contributed by atoms with E-state index in [0.717, 1.165) is 10.6 Å². The molecule has 2 aliphatic rings. The average molecular weight is 510 g/mol. The summed E-state index contributed by atoms with van der Waals surface area (Å²) >= 11 is 1.22. The highest BCUT2D eigenvalue weighted by molar-refractivity contribution is 7.15. The van der Waals surface area contributed by atoms with Gasteiger partial charge in [0.1, 0.15) is 11.7 Å². The van der Waals surface area contributed by atoms with Crippen molar-refractivity contribution >= 4 is 28.3 Å². The lowest BCUT2D eigenvalue weighted by molar-refractivity contribution is -0.135. The number of aromatic nitrogens is 2. The summed E-state index contributed by atoms with van der Waals surface area (Å²) < 4.78 is 32.1. The van der Waals surface area contributed by atoms with E-state index in [9.17, 15) is 23.6 Å². The lowest BCUT2D eigenvalue weighted by Gasteiger charge is -2.26. The topological polar surface area (TPSA) is 108 Å². The quantitative estimate of drug-likeness (QED) is 0.553. The van der Waals surface area contributed by atoms with Crippen molar-refractivity contribution in [3.05, 3.63) is 57.9 Å². The zero-order valence-corrected chi connectivity index (χ0v) is 20.3. The Hall–Kier alpha value is -3.91. The van der Waals surface area contributed by atoms with Crippen molar-refractivity contribution in [3.8, 4) is 22.9 Å². The Kier molecular flexibility index (Phi) is 5.92. The van der Waals surface area contributed by atoms with Crippen molar-refractivity contribution in [2.45, 2.75) is 32.2 Å². The average Bonchev–Trinajstić information content (AvgIpc) is 3.32. The first-order valence-corrected chi connectivity index (χ1v) is 12.0. The fourth-order valence-electron chi connectivity index (χ4n) is 4.25. The van der Waals surface area contributed by atoms with Crippen LogP contribution in [0.1, 0.15) is 38.6 Å². The predicted molar refractivity (Wildman–Crippen MR) is 128 cm³/mol. The number of carbonyl (C=O) groups excluding carboxylic acids is 2. The normalized spacial score (nSPS) is 17.6. The van der Waals surface area contributed by atoms with Crippen molar-refractivity contribution in [1.82, 2.24) is 14.9 Å². The second-order valence-electron chi connectivity index (χ2n) is 8.77. The van der Waals surface area contributed by atoms with E-state index in [4.69, 9.17) is 4.74 Å². The Labute approximate surface area is 209 Å². The molecule has 0 spiro atoms.